The summed E-state index contributed by atoms with van der Waals surface area (Å²) in [7, 11) is 1.64. The predicted molar refractivity (Wildman–Crippen MR) is 68.3 cm³/mol. The second-order valence-electron chi connectivity index (χ2n) is 3.23. The molecule has 0 spiro atoms. The highest BCUT2D eigenvalue weighted by atomic mass is 32.1. The van der Waals surface area contributed by atoms with Gasteiger partial charge in [-0.25, -0.2) is 0 Å². The Morgan fingerprint density at radius 2 is 1.88 bits per heavy atom. The quantitative estimate of drug-likeness (QED) is 0.550. The molecule has 7 heteroatoms. The van der Waals surface area contributed by atoms with Crippen LogP contribution in [0.4, 0.5) is 0 Å². The van der Waals surface area contributed by atoms with Crippen molar-refractivity contribution < 1.29 is 19.3 Å². The molecular formula is C10H17NO4S2. The zero-order chi connectivity index (χ0) is 12.5. The highest BCUT2D eigenvalue weighted by Crippen LogP contribution is 2.16. The third-order valence-corrected chi connectivity index (χ3v) is 3.28. The fraction of sp³-hybridized carbons (Fsp3) is 0.700. The normalized spacial score (nSPS) is 10.9. The summed E-state index contributed by atoms with van der Waals surface area (Å²) in [6, 6.07) is 0. The van der Waals surface area contributed by atoms with E-state index in [4.69, 9.17) is 26.4 Å². The largest absolute Gasteiger partial charge is 0.494 e. The van der Waals surface area contributed by atoms with E-state index in [-0.39, 0.29) is 5.88 Å². The highest BCUT2D eigenvalue weighted by molar-refractivity contribution is 7.73. The standard InChI is InChI=1S/C10H17NO4S2/c1-13-4-5-15-7-6-14-3-2-11-9(12)8-17-10(11)16/h8,12H,2-7H2,1H3. The number of hydrogen-bond acceptors (Lipinski definition) is 6. The van der Waals surface area contributed by atoms with Crippen molar-refractivity contribution in [2.75, 3.05) is 40.1 Å². The summed E-state index contributed by atoms with van der Waals surface area (Å²) >= 11 is 6.39. The Morgan fingerprint density at radius 3 is 2.47 bits per heavy atom. The molecule has 0 saturated carbocycles. The molecule has 0 atom stereocenters. The molecule has 0 amide bonds. The molecule has 1 N–H and O–H groups in total. The first kappa shape index (κ1) is 14.6. The lowest BCUT2D eigenvalue weighted by molar-refractivity contribution is 0.0227. The molecule has 0 bridgehead atoms. The van der Waals surface area contributed by atoms with E-state index in [1.165, 1.54) is 11.3 Å². The average molecular weight is 279 g/mol. The molecule has 0 fully saturated rings. The van der Waals surface area contributed by atoms with E-state index in [2.05, 4.69) is 0 Å². The van der Waals surface area contributed by atoms with Crippen LogP contribution in [0.2, 0.25) is 0 Å². The Kier molecular flexibility index (Phi) is 7.38. The summed E-state index contributed by atoms with van der Waals surface area (Å²) in [4.78, 5) is 0. The molecule has 17 heavy (non-hydrogen) atoms. The monoisotopic (exact) mass is 279 g/mol. The Labute approximate surface area is 110 Å². The van der Waals surface area contributed by atoms with E-state index < -0.39 is 0 Å². The summed E-state index contributed by atoms with van der Waals surface area (Å²) in [5.74, 6) is 0.194. The minimum absolute atomic E-state index is 0.194. The van der Waals surface area contributed by atoms with Gasteiger partial charge in [0, 0.05) is 7.11 Å². The summed E-state index contributed by atoms with van der Waals surface area (Å²) < 4.78 is 17.7. The number of hydrogen-bond donors (Lipinski definition) is 1. The van der Waals surface area contributed by atoms with Gasteiger partial charge in [-0.2, -0.15) is 0 Å². The van der Waals surface area contributed by atoms with E-state index in [0.29, 0.717) is 43.5 Å². The number of ether oxygens (including phenoxy) is 3. The van der Waals surface area contributed by atoms with Crippen LogP contribution in [0.25, 0.3) is 0 Å². The lowest BCUT2D eigenvalue weighted by atomic mass is 10.6. The molecule has 0 unspecified atom stereocenters. The second kappa shape index (κ2) is 8.60. The molecule has 1 heterocycles. The molecule has 0 aliphatic rings. The van der Waals surface area contributed by atoms with E-state index in [0.717, 1.165) is 0 Å². The van der Waals surface area contributed by atoms with Crippen LogP contribution >= 0.6 is 23.6 Å². The molecule has 98 valence electrons. The number of aromatic hydroxyl groups is 1. The van der Waals surface area contributed by atoms with Gasteiger partial charge in [-0.1, -0.05) is 0 Å². The third kappa shape index (κ3) is 5.60. The van der Waals surface area contributed by atoms with Crippen molar-refractivity contribution in [2.45, 2.75) is 6.54 Å². The smallest absolute Gasteiger partial charge is 0.203 e. The van der Waals surface area contributed by atoms with Crippen LogP contribution in [-0.2, 0) is 20.8 Å². The van der Waals surface area contributed by atoms with Crippen molar-refractivity contribution in [1.82, 2.24) is 4.57 Å². The van der Waals surface area contributed by atoms with Gasteiger partial charge in [0.1, 0.15) is 0 Å². The maximum absolute atomic E-state index is 9.44. The zero-order valence-electron chi connectivity index (χ0n) is 9.76. The molecule has 1 aromatic heterocycles. The first-order valence-corrected chi connectivity index (χ1v) is 6.56. The Bertz CT molecular complexity index is 363. The van der Waals surface area contributed by atoms with Crippen LogP contribution < -0.4 is 0 Å². The Hall–Kier alpha value is -0.470. The van der Waals surface area contributed by atoms with Crippen molar-refractivity contribution in [1.29, 1.82) is 0 Å². The third-order valence-electron chi connectivity index (χ3n) is 2.03. The number of thiazole rings is 1. The van der Waals surface area contributed by atoms with Gasteiger partial charge in [-0.3, -0.25) is 4.57 Å². The van der Waals surface area contributed by atoms with Crippen molar-refractivity contribution >= 4 is 23.6 Å². The molecule has 0 aliphatic heterocycles. The first-order chi connectivity index (χ1) is 8.25. The summed E-state index contributed by atoms with van der Waals surface area (Å²) in [5, 5.41) is 11.1. The van der Waals surface area contributed by atoms with Gasteiger partial charge in [0.25, 0.3) is 0 Å². The Morgan fingerprint density at radius 1 is 1.24 bits per heavy atom. The van der Waals surface area contributed by atoms with Gasteiger partial charge in [0.15, 0.2) is 3.95 Å². The minimum Gasteiger partial charge on any atom is -0.494 e. The van der Waals surface area contributed by atoms with E-state index in [9.17, 15) is 5.11 Å². The maximum atomic E-state index is 9.44. The van der Waals surface area contributed by atoms with Crippen molar-refractivity contribution in [3.8, 4) is 5.88 Å². The van der Waals surface area contributed by atoms with Crippen LogP contribution in [0, 0.1) is 3.95 Å². The fourth-order valence-corrected chi connectivity index (χ4v) is 2.12. The fourth-order valence-electron chi connectivity index (χ4n) is 1.15. The van der Waals surface area contributed by atoms with Crippen molar-refractivity contribution in [3.05, 3.63) is 9.33 Å². The van der Waals surface area contributed by atoms with Gasteiger partial charge in [-0.05, 0) is 12.2 Å². The summed E-state index contributed by atoms with van der Waals surface area (Å²) in [6.45, 7) is 3.32. The number of aromatic nitrogens is 1. The molecule has 1 aromatic rings. The highest BCUT2D eigenvalue weighted by Gasteiger charge is 2.01. The molecule has 0 radical (unpaired) electrons. The van der Waals surface area contributed by atoms with Crippen LogP contribution in [0.15, 0.2) is 5.38 Å². The number of nitrogens with zero attached hydrogens (tertiary/aromatic N) is 1. The zero-order valence-corrected chi connectivity index (χ0v) is 11.4. The first-order valence-electron chi connectivity index (χ1n) is 5.27. The molecule has 1 rings (SSSR count). The lowest BCUT2D eigenvalue weighted by Crippen LogP contribution is -2.11. The van der Waals surface area contributed by atoms with Gasteiger partial charge in [-0.15, -0.1) is 11.3 Å². The van der Waals surface area contributed by atoms with Gasteiger partial charge >= 0.3 is 0 Å². The van der Waals surface area contributed by atoms with Gasteiger partial charge in [0.2, 0.25) is 5.88 Å². The predicted octanol–water partition coefficient (Wildman–Crippen LogP) is 1.66. The second-order valence-corrected chi connectivity index (χ2v) is 4.73. The van der Waals surface area contributed by atoms with Gasteiger partial charge in [0.05, 0.1) is 45.0 Å². The molecular weight excluding hydrogens is 262 g/mol. The SMILES string of the molecule is COCCOCCOCCn1c(O)csc1=S. The van der Waals surface area contributed by atoms with Crippen LogP contribution in [0.5, 0.6) is 5.88 Å². The molecule has 0 saturated heterocycles. The number of methoxy groups -OCH3 is 1. The van der Waals surface area contributed by atoms with E-state index in [1.807, 2.05) is 0 Å². The van der Waals surface area contributed by atoms with Crippen molar-refractivity contribution in [3.63, 3.8) is 0 Å². The summed E-state index contributed by atoms with van der Waals surface area (Å²) in [6.07, 6.45) is 0. The minimum atomic E-state index is 0.194. The van der Waals surface area contributed by atoms with Crippen LogP contribution in [-0.4, -0.2) is 49.8 Å². The van der Waals surface area contributed by atoms with Crippen LogP contribution in [0.1, 0.15) is 0 Å². The molecule has 5 nitrogen and oxygen atoms in total. The van der Waals surface area contributed by atoms with E-state index in [1.54, 1.807) is 17.1 Å². The summed E-state index contributed by atoms with van der Waals surface area (Å²) in [5.41, 5.74) is 0. The van der Waals surface area contributed by atoms with E-state index >= 15 is 0 Å². The number of rotatable bonds is 9. The molecule has 0 aromatic carbocycles. The molecule has 0 aliphatic carbocycles. The van der Waals surface area contributed by atoms with Gasteiger partial charge < -0.3 is 19.3 Å². The van der Waals surface area contributed by atoms with Crippen molar-refractivity contribution in [2.24, 2.45) is 0 Å². The maximum Gasteiger partial charge on any atom is 0.203 e. The lowest BCUT2D eigenvalue weighted by Gasteiger charge is -2.06. The average Bonchev–Trinajstić information content (AvgIpc) is 2.63. The van der Waals surface area contributed by atoms with Crippen LogP contribution in [0.3, 0.4) is 0 Å². The Balaban J connectivity index is 2.03. The topological polar surface area (TPSA) is 52.9 Å².